The van der Waals surface area contributed by atoms with Crippen molar-refractivity contribution < 1.29 is 9.18 Å². The molecule has 2 aromatic rings. The van der Waals surface area contributed by atoms with Gasteiger partial charge < -0.3 is 11.1 Å². The first-order valence-corrected chi connectivity index (χ1v) is 6.44. The summed E-state index contributed by atoms with van der Waals surface area (Å²) >= 11 is 5.58. The fourth-order valence-electron chi connectivity index (χ4n) is 1.81. The van der Waals surface area contributed by atoms with Gasteiger partial charge in [0.1, 0.15) is 5.82 Å². The monoisotopic (exact) mass is 292 g/mol. The Morgan fingerprint density at radius 3 is 2.80 bits per heavy atom. The molecule has 0 aliphatic heterocycles. The summed E-state index contributed by atoms with van der Waals surface area (Å²) in [5.41, 5.74) is 8.55. The van der Waals surface area contributed by atoms with Gasteiger partial charge in [0.25, 0.3) is 5.91 Å². The van der Waals surface area contributed by atoms with Crippen LogP contribution < -0.4 is 11.1 Å². The lowest BCUT2D eigenvalue weighted by atomic mass is 10.1. The van der Waals surface area contributed by atoms with Gasteiger partial charge in [0.05, 0.1) is 5.02 Å². The van der Waals surface area contributed by atoms with Crippen molar-refractivity contribution in [3.05, 3.63) is 63.9 Å². The summed E-state index contributed by atoms with van der Waals surface area (Å²) in [6.07, 6.45) is 0. The molecule has 0 unspecified atom stereocenters. The Morgan fingerprint density at radius 2 is 2.10 bits per heavy atom. The molecule has 0 heterocycles. The van der Waals surface area contributed by atoms with E-state index in [9.17, 15) is 9.18 Å². The number of halogens is 2. The first kappa shape index (κ1) is 14.3. The number of carbonyl (C=O) groups is 1. The van der Waals surface area contributed by atoms with E-state index in [4.69, 9.17) is 17.3 Å². The van der Waals surface area contributed by atoms with Crippen molar-refractivity contribution in [1.82, 2.24) is 5.32 Å². The predicted molar refractivity (Wildman–Crippen MR) is 78.2 cm³/mol. The van der Waals surface area contributed by atoms with Gasteiger partial charge in [-0.25, -0.2) is 4.39 Å². The van der Waals surface area contributed by atoms with Crippen molar-refractivity contribution in [2.45, 2.75) is 13.5 Å². The quantitative estimate of drug-likeness (QED) is 0.853. The van der Waals surface area contributed by atoms with E-state index in [1.54, 1.807) is 6.07 Å². The van der Waals surface area contributed by atoms with Crippen LogP contribution in [0.3, 0.4) is 0 Å². The van der Waals surface area contributed by atoms with E-state index >= 15 is 0 Å². The third kappa shape index (κ3) is 3.08. The number of carbonyl (C=O) groups excluding carboxylic acids is 1. The van der Waals surface area contributed by atoms with Gasteiger partial charge in [0, 0.05) is 17.8 Å². The van der Waals surface area contributed by atoms with Crippen molar-refractivity contribution in [2.24, 2.45) is 0 Å². The van der Waals surface area contributed by atoms with Gasteiger partial charge in [0.15, 0.2) is 0 Å². The van der Waals surface area contributed by atoms with Crippen LogP contribution in [0.15, 0.2) is 36.4 Å². The van der Waals surface area contributed by atoms with Gasteiger partial charge in [-0.2, -0.15) is 0 Å². The summed E-state index contributed by atoms with van der Waals surface area (Å²) < 4.78 is 13.3. The molecule has 0 atom stereocenters. The third-order valence-corrected chi connectivity index (χ3v) is 3.42. The Kier molecular flexibility index (Phi) is 4.25. The molecular weight excluding hydrogens is 279 g/mol. The van der Waals surface area contributed by atoms with Crippen molar-refractivity contribution in [3.8, 4) is 0 Å². The zero-order valence-corrected chi connectivity index (χ0v) is 11.7. The van der Waals surface area contributed by atoms with E-state index in [0.29, 0.717) is 12.2 Å². The van der Waals surface area contributed by atoms with E-state index < -0.39 is 5.82 Å². The first-order valence-electron chi connectivity index (χ1n) is 6.06. The van der Waals surface area contributed by atoms with Crippen molar-refractivity contribution in [1.29, 1.82) is 0 Å². The number of anilines is 1. The van der Waals surface area contributed by atoms with E-state index in [0.717, 1.165) is 17.2 Å². The molecule has 0 bridgehead atoms. The SMILES string of the molecule is Cc1c(N)cccc1CNC(=O)c1ccc(Cl)c(F)c1. The Morgan fingerprint density at radius 1 is 1.35 bits per heavy atom. The van der Waals surface area contributed by atoms with Gasteiger partial charge in [-0.15, -0.1) is 0 Å². The van der Waals surface area contributed by atoms with Gasteiger partial charge in [0.2, 0.25) is 0 Å². The molecule has 0 aliphatic rings. The molecule has 0 saturated carbocycles. The number of hydrogen-bond donors (Lipinski definition) is 2. The highest BCUT2D eigenvalue weighted by molar-refractivity contribution is 6.30. The van der Waals surface area contributed by atoms with E-state index in [2.05, 4.69) is 5.32 Å². The number of hydrogen-bond acceptors (Lipinski definition) is 2. The van der Waals surface area contributed by atoms with Crippen LogP contribution in [-0.4, -0.2) is 5.91 Å². The summed E-state index contributed by atoms with van der Waals surface area (Å²) in [7, 11) is 0. The number of nitrogens with two attached hydrogens (primary N) is 1. The highest BCUT2D eigenvalue weighted by Crippen LogP contribution is 2.17. The largest absolute Gasteiger partial charge is 0.399 e. The minimum Gasteiger partial charge on any atom is -0.399 e. The second-order valence-electron chi connectivity index (χ2n) is 4.44. The van der Waals surface area contributed by atoms with Gasteiger partial charge >= 0.3 is 0 Å². The predicted octanol–water partition coefficient (Wildman–Crippen LogP) is 3.30. The summed E-state index contributed by atoms with van der Waals surface area (Å²) in [6, 6.07) is 9.46. The summed E-state index contributed by atoms with van der Waals surface area (Å²) in [5.74, 6) is -0.971. The second-order valence-corrected chi connectivity index (χ2v) is 4.85. The molecule has 3 nitrogen and oxygen atoms in total. The number of nitrogen functional groups attached to an aromatic ring is 1. The molecular formula is C15H14ClFN2O. The number of amides is 1. The summed E-state index contributed by atoms with van der Waals surface area (Å²) in [4.78, 5) is 11.9. The van der Waals surface area contributed by atoms with Crippen molar-refractivity contribution >= 4 is 23.2 Å². The lowest BCUT2D eigenvalue weighted by Gasteiger charge is -2.10. The summed E-state index contributed by atoms with van der Waals surface area (Å²) in [6.45, 7) is 2.22. The fraction of sp³-hybridized carbons (Fsp3) is 0.133. The molecule has 0 aromatic heterocycles. The van der Waals surface area contributed by atoms with Crippen molar-refractivity contribution in [3.63, 3.8) is 0 Å². The van der Waals surface area contributed by atoms with Crippen LogP contribution in [0.2, 0.25) is 5.02 Å². The lowest BCUT2D eigenvalue weighted by molar-refractivity contribution is 0.0950. The normalized spacial score (nSPS) is 10.3. The Labute approximate surface area is 121 Å². The highest BCUT2D eigenvalue weighted by atomic mass is 35.5. The molecule has 0 spiro atoms. The van der Waals surface area contributed by atoms with E-state index in [1.807, 2.05) is 19.1 Å². The van der Waals surface area contributed by atoms with E-state index in [-0.39, 0.29) is 16.5 Å². The Hall–Kier alpha value is -2.07. The molecule has 5 heteroatoms. The average Bonchev–Trinajstić information content (AvgIpc) is 2.43. The molecule has 0 saturated heterocycles. The molecule has 1 amide bonds. The number of rotatable bonds is 3. The zero-order chi connectivity index (χ0) is 14.7. The fourth-order valence-corrected chi connectivity index (χ4v) is 1.93. The Bertz CT molecular complexity index is 658. The van der Waals surface area contributed by atoms with Gasteiger partial charge in [-0.05, 0) is 42.3 Å². The van der Waals surface area contributed by atoms with Crippen LogP contribution in [0.5, 0.6) is 0 Å². The maximum Gasteiger partial charge on any atom is 0.251 e. The molecule has 0 radical (unpaired) electrons. The van der Waals surface area contributed by atoms with Crippen LogP contribution in [0.25, 0.3) is 0 Å². The molecule has 3 N–H and O–H groups in total. The van der Waals surface area contributed by atoms with Crippen LogP contribution in [-0.2, 0) is 6.54 Å². The molecule has 2 aromatic carbocycles. The van der Waals surface area contributed by atoms with Crippen LogP contribution in [0, 0.1) is 12.7 Å². The first-order chi connectivity index (χ1) is 9.49. The third-order valence-electron chi connectivity index (χ3n) is 3.11. The highest BCUT2D eigenvalue weighted by Gasteiger charge is 2.09. The molecule has 0 fully saturated rings. The number of nitrogens with one attached hydrogen (secondary N) is 1. The molecule has 2 rings (SSSR count). The number of benzene rings is 2. The summed E-state index contributed by atoms with van der Waals surface area (Å²) in [5, 5.41) is 2.72. The zero-order valence-electron chi connectivity index (χ0n) is 10.9. The second kappa shape index (κ2) is 5.92. The maximum absolute atomic E-state index is 13.3. The average molecular weight is 293 g/mol. The maximum atomic E-state index is 13.3. The molecule has 20 heavy (non-hydrogen) atoms. The Balaban J connectivity index is 2.08. The minimum atomic E-state index is -0.612. The molecule has 0 aliphatic carbocycles. The molecule has 104 valence electrons. The van der Waals surface area contributed by atoms with Crippen LogP contribution >= 0.6 is 11.6 Å². The van der Waals surface area contributed by atoms with Gasteiger partial charge in [-0.1, -0.05) is 23.7 Å². The van der Waals surface area contributed by atoms with Crippen LogP contribution in [0.1, 0.15) is 21.5 Å². The van der Waals surface area contributed by atoms with Crippen LogP contribution in [0.4, 0.5) is 10.1 Å². The van der Waals surface area contributed by atoms with Gasteiger partial charge in [-0.3, -0.25) is 4.79 Å². The topological polar surface area (TPSA) is 55.1 Å². The minimum absolute atomic E-state index is 0.00627. The lowest BCUT2D eigenvalue weighted by Crippen LogP contribution is -2.23. The smallest absolute Gasteiger partial charge is 0.251 e. The standard InChI is InChI=1S/C15H14ClFN2O/c1-9-11(3-2-4-14(9)18)8-19-15(20)10-5-6-12(16)13(17)7-10/h2-7H,8,18H2,1H3,(H,19,20). The van der Waals surface area contributed by atoms with E-state index in [1.165, 1.54) is 12.1 Å². The van der Waals surface area contributed by atoms with Crippen molar-refractivity contribution in [2.75, 3.05) is 5.73 Å².